The van der Waals surface area contributed by atoms with Crippen LogP contribution in [0.1, 0.15) is 11.3 Å². The maximum atomic E-state index is 13.0. The number of nitrogens with zero attached hydrogens (tertiary/aromatic N) is 2. The molecule has 0 aliphatic rings. The number of halogens is 1. The van der Waals surface area contributed by atoms with E-state index < -0.39 is 15.8 Å². The molecule has 0 aliphatic heterocycles. The van der Waals surface area contributed by atoms with Crippen LogP contribution in [0.4, 0.5) is 10.2 Å². The average Bonchev–Trinajstić information content (AvgIpc) is 2.87. The molecule has 0 amide bonds. The first-order chi connectivity index (χ1) is 11.4. The molecule has 0 saturated carbocycles. The number of aryl methyl sites for hydroxylation is 1. The molecule has 0 spiro atoms. The zero-order chi connectivity index (χ0) is 17.2. The highest BCUT2D eigenvalue weighted by atomic mass is 32.2. The van der Waals surface area contributed by atoms with Gasteiger partial charge < -0.3 is 0 Å². The minimum absolute atomic E-state index is 0.00554. The third-order valence-electron chi connectivity index (χ3n) is 3.44. The maximum Gasteiger partial charge on any atom is 0.263 e. The van der Waals surface area contributed by atoms with E-state index in [1.54, 1.807) is 17.7 Å². The first-order valence-electron chi connectivity index (χ1n) is 7.31. The third-order valence-corrected chi connectivity index (χ3v) is 4.81. The van der Waals surface area contributed by atoms with Gasteiger partial charge in [-0.15, -0.1) is 0 Å². The summed E-state index contributed by atoms with van der Waals surface area (Å²) < 4.78 is 42.0. The molecule has 1 N–H and O–H groups in total. The fraction of sp³-hybridized carbons (Fsp3) is 0.118. The molecule has 24 heavy (non-hydrogen) atoms. The lowest BCUT2D eigenvalue weighted by atomic mass is 10.2. The highest BCUT2D eigenvalue weighted by molar-refractivity contribution is 7.92. The van der Waals surface area contributed by atoms with Gasteiger partial charge in [-0.05, 0) is 36.8 Å². The van der Waals surface area contributed by atoms with Gasteiger partial charge in [-0.3, -0.25) is 4.72 Å². The van der Waals surface area contributed by atoms with Crippen LogP contribution in [0.25, 0.3) is 0 Å². The summed E-state index contributed by atoms with van der Waals surface area (Å²) in [7, 11) is -3.81. The fourth-order valence-electron chi connectivity index (χ4n) is 2.31. The Kier molecular flexibility index (Phi) is 4.35. The van der Waals surface area contributed by atoms with E-state index in [9.17, 15) is 12.8 Å². The molecule has 0 bridgehead atoms. The van der Waals surface area contributed by atoms with Crippen LogP contribution in [0.3, 0.4) is 0 Å². The van der Waals surface area contributed by atoms with E-state index in [2.05, 4.69) is 9.82 Å². The van der Waals surface area contributed by atoms with Crippen LogP contribution in [-0.2, 0) is 16.6 Å². The molecule has 0 fully saturated rings. The van der Waals surface area contributed by atoms with Crippen molar-refractivity contribution in [1.29, 1.82) is 0 Å². The second-order valence-corrected chi connectivity index (χ2v) is 7.06. The lowest BCUT2D eigenvalue weighted by Crippen LogP contribution is -2.16. The van der Waals surface area contributed by atoms with Gasteiger partial charge in [-0.1, -0.05) is 30.3 Å². The fourth-order valence-corrected chi connectivity index (χ4v) is 3.37. The van der Waals surface area contributed by atoms with E-state index >= 15 is 0 Å². The van der Waals surface area contributed by atoms with Gasteiger partial charge in [0.2, 0.25) is 0 Å². The summed E-state index contributed by atoms with van der Waals surface area (Å²) in [5, 5.41) is 4.33. The molecular weight excluding hydrogens is 329 g/mol. The Hall–Kier alpha value is -2.67. The number of benzene rings is 2. The monoisotopic (exact) mass is 345 g/mol. The number of sulfonamides is 1. The van der Waals surface area contributed by atoms with Gasteiger partial charge >= 0.3 is 0 Å². The van der Waals surface area contributed by atoms with Crippen LogP contribution in [-0.4, -0.2) is 18.2 Å². The molecule has 3 rings (SSSR count). The van der Waals surface area contributed by atoms with E-state index in [0.29, 0.717) is 18.1 Å². The molecule has 0 unspecified atom stereocenters. The molecule has 0 radical (unpaired) electrons. The number of hydrogen-bond donors (Lipinski definition) is 1. The molecule has 0 atom stereocenters. The Morgan fingerprint density at radius 1 is 1.08 bits per heavy atom. The molecule has 0 aliphatic carbocycles. The van der Waals surface area contributed by atoms with Crippen molar-refractivity contribution in [2.75, 3.05) is 4.72 Å². The summed E-state index contributed by atoms with van der Waals surface area (Å²) in [6, 6.07) is 15.9. The van der Waals surface area contributed by atoms with Crippen LogP contribution >= 0.6 is 0 Å². The standard InChI is InChI=1S/C17H16FN3O2S/c1-13-11-17(21(19-13)12-14-5-3-2-4-6-14)20-24(22,23)16-9-7-15(18)8-10-16/h2-11,20H,12H2,1H3. The molecular formula is C17H16FN3O2S. The SMILES string of the molecule is Cc1cc(NS(=O)(=O)c2ccc(F)cc2)n(Cc2ccccc2)n1. The Balaban J connectivity index is 1.88. The van der Waals surface area contributed by atoms with Gasteiger partial charge in [0.25, 0.3) is 10.0 Å². The molecule has 1 heterocycles. The van der Waals surface area contributed by atoms with E-state index in [1.807, 2.05) is 30.3 Å². The zero-order valence-corrected chi connectivity index (χ0v) is 13.8. The van der Waals surface area contributed by atoms with Gasteiger partial charge in [0.05, 0.1) is 17.1 Å². The Labute approximate surface area is 139 Å². The molecule has 124 valence electrons. The summed E-state index contributed by atoms with van der Waals surface area (Å²) in [6.07, 6.45) is 0. The molecule has 7 heteroatoms. The van der Waals surface area contributed by atoms with Crippen molar-refractivity contribution in [3.8, 4) is 0 Å². The van der Waals surface area contributed by atoms with Crippen LogP contribution in [0.15, 0.2) is 65.6 Å². The van der Waals surface area contributed by atoms with Crippen LogP contribution in [0.5, 0.6) is 0 Å². The van der Waals surface area contributed by atoms with Crippen molar-refractivity contribution in [2.45, 2.75) is 18.4 Å². The van der Waals surface area contributed by atoms with Gasteiger partial charge in [-0.2, -0.15) is 5.10 Å². The number of nitrogens with one attached hydrogen (secondary N) is 1. The quantitative estimate of drug-likeness (QED) is 0.772. The second kappa shape index (κ2) is 6.45. The topological polar surface area (TPSA) is 64.0 Å². The minimum Gasteiger partial charge on any atom is -0.264 e. The highest BCUT2D eigenvalue weighted by Crippen LogP contribution is 2.18. The van der Waals surface area contributed by atoms with Crippen molar-refractivity contribution < 1.29 is 12.8 Å². The largest absolute Gasteiger partial charge is 0.264 e. The van der Waals surface area contributed by atoms with Crippen LogP contribution in [0, 0.1) is 12.7 Å². The van der Waals surface area contributed by atoms with Crippen LogP contribution in [0.2, 0.25) is 0 Å². The summed E-state index contributed by atoms with van der Waals surface area (Å²) in [5.41, 5.74) is 1.70. The number of rotatable bonds is 5. The van der Waals surface area contributed by atoms with Crippen molar-refractivity contribution >= 4 is 15.8 Å². The predicted octanol–water partition coefficient (Wildman–Crippen LogP) is 3.18. The van der Waals surface area contributed by atoms with E-state index in [1.165, 1.54) is 12.1 Å². The summed E-state index contributed by atoms with van der Waals surface area (Å²) >= 11 is 0. The zero-order valence-electron chi connectivity index (χ0n) is 13.0. The Morgan fingerprint density at radius 2 is 1.75 bits per heavy atom. The predicted molar refractivity (Wildman–Crippen MR) is 89.7 cm³/mol. The summed E-state index contributed by atoms with van der Waals surface area (Å²) in [4.78, 5) is -0.00554. The molecule has 2 aromatic carbocycles. The minimum atomic E-state index is -3.81. The lowest BCUT2D eigenvalue weighted by Gasteiger charge is -2.11. The first kappa shape index (κ1) is 16.2. The average molecular weight is 345 g/mol. The highest BCUT2D eigenvalue weighted by Gasteiger charge is 2.17. The van der Waals surface area contributed by atoms with E-state index in [4.69, 9.17) is 0 Å². The molecule has 1 aromatic heterocycles. The lowest BCUT2D eigenvalue weighted by molar-refractivity contribution is 0.598. The molecule has 5 nitrogen and oxygen atoms in total. The molecule has 3 aromatic rings. The Morgan fingerprint density at radius 3 is 2.42 bits per heavy atom. The van der Waals surface area contributed by atoms with Crippen LogP contribution < -0.4 is 4.72 Å². The smallest absolute Gasteiger partial charge is 0.263 e. The maximum absolute atomic E-state index is 13.0. The first-order valence-corrected chi connectivity index (χ1v) is 8.79. The second-order valence-electron chi connectivity index (χ2n) is 5.37. The van der Waals surface area contributed by atoms with Crippen molar-refractivity contribution in [2.24, 2.45) is 0 Å². The normalized spacial score (nSPS) is 11.4. The third kappa shape index (κ3) is 3.62. The summed E-state index contributed by atoms with van der Waals surface area (Å²) in [6.45, 7) is 2.23. The van der Waals surface area contributed by atoms with Crippen molar-refractivity contribution in [3.63, 3.8) is 0 Å². The van der Waals surface area contributed by atoms with Gasteiger partial charge in [0.15, 0.2) is 0 Å². The van der Waals surface area contributed by atoms with E-state index in [0.717, 1.165) is 17.7 Å². The summed E-state index contributed by atoms with van der Waals surface area (Å²) in [5.74, 6) is -0.125. The number of hydrogen-bond acceptors (Lipinski definition) is 3. The van der Waals surface area contributed by atoms with Crippen molar-refractivity contribution in [1.82, 2.24) is 9.78 Å². The number of aromatic nitrogens is 2. The van der Waals surface area contributed by atoms with Gasteiger partial charge in [-0.25, -0.2) is 17.5 Å². The van der Waals surface area contributed by atoms with E-state index in [-0.39, 0.29) is 4.90 Å². The molecule has 0 saturated heterocycles. The van der Waals surface area contributed by atoms with Gasteiger partial charge in [0, 0.05) is 6.07 Å². The van der Waals surface area contributed by atoms with Gasteiger partial charge in [0.1, 0.15) is 11.6 Å². The number of anilines is 1. The van der Waals surface area contributed by atoms with Crippen molar-refractivity contribution in [3.05, 3.63) is 77.7 Å². The Bertz CT molecular complexity index is 936.